The molecule has 0 spiro atoms. The molecule has 0 aliphatic carbocycles. The molecule has 0 atom stereocenters. The molecule has 1 saturated heterocycles. The Labute approximate surface area is 240 Å². The quantitative estimate of drug-likeness (QED) is 0.332. The van der Waals surface area contributed by atoms with Crippen LogP contribution in [0.25, 0.3) is 0 Å². The lowest BCUT2D eigenvalue weighted by Crippen LogP contribution is -2.29. The van der Waals surface area contributed by atoms with Gasteiger partial charge in [0.25, 0.3) is 5.91 Å². The standard InChI is InChI=1S/C29H25N5O4S2/c1-3-31-21-11-9-19(15-30)13-22(21)32-29-34(16-18-7-5-4-6-8-18)27(37)26(40-29)28-33(2)23-14-20(38-17-25(35)36)10-12-24(23)39-28/h4-14,31H,3,16-17H2,1-2H3,(H,35,36). The van der Waals surface area contributed by atoms with Crippen LogP contribution in [0.4, 0.5) is 17.1 Å². The smallest absolute Gasteiger partial charge is 0.341 e. The van der Waals surface area contributed by atoms with Crippen molar-refractivity contribution in [1.82, 2.24) is 4.90 Å². The molecule has 1 amide bonds. The number of nitrogens with zero attached hydrogens (tertiary/aromatic N) is 4. The third kappa shape index (κ3) is 5.64. The second-order valence-corrected chi connectivity index (χ2v) is 10.9. The number of carbonyl (C=O) groups is 2. The lowest BCUT2D eigenvalue weighted by molar-refractivity contribution is -0.139. The number of hydrogen-bond donors (Lipinski definition) is 2. The molecule has 0 bridgehead atoms. The number of carbonyl (C=O) groups excluding carboxylic acids is 1. The summed E-state index contributed by atoms with van der Waals surface area (Å²) in [7, 11) is 1.87. The summed E-state index contributed by atoms with van der Waals surface area (Å²) >= 11 is 2.76. The van der Waals surface area contributed by atoms with Crippen LogP contribution in [0.2, 0.25) is 0 Å². The Morgan fingerprint density at radius 1 is 1.12 bits per heavy atom. The van der Waals surface area contributed by atoms with E-state index in [0.29, 0.717) is 40.2 Å². The molecule has 0 radical (unpaired) electrons. The number of hydrogen-bond acceptors (Lipinski definition) is 9. The fraction of sp³-hybridized carbons (Fsp3) is 0.172. The Hall–Kier alpha value is -4.40. The molecule has 3 aromatic rings. The van der Waals surface area contributed by atoms with E-state index in [4.69, 9.17) is 14.8 Å². The van der Waals surface area contributed by atoms with Gasteiger partial charge in [-0.15, -0.1) is 0 Å². The highest BCUT2D eigenvalue weighted by molar-refractivity contribution is 8.19. The Bertz CT molecular complexity index is 1580. The molecule has 5 rings (SSSR count). The van der Waals surface area contributed by atoms with Crippen LogP contribution in [0.15, 0.2) is 86.6 Å². The maximum Gasteiger partial charge on any atom is 0.341 e. The van der Waals surface area contributed by atoms with Crippen molar-refractivity contribution in [3.8, 4) is 11.8 Å². The van der Waals surface area contributed by atoms with Crippen LogP contribution in [-0.2, 0) is 16.1 Å². The largest absolute Gasteiger partial charge is 0.482 e. The fourth-order valence-corrected chi connectivity index (χ4v) is 6.54. The highest BCUT2D eigenvalue weighted by Crippen LogP contribution is 2.51. The molecule has 11 heteroatoms. The molecule has 1 fully saturated rings. The molecule has 2 aliphatic heterocycles. The number of ether oxygens (including phenoxy) is 1. The Balaban J connectivity index is 1.54. The van der Waals surface area contributed by atoms with Gasteiger partial charge in [0.05, 0.1) is 40.3 Å². The molecular formula is C29H25N5O4S2. The molecule has 0 aromatic heterocycles. The fourth-order valence-electron chi connectivity index (χ4n) is 4.22. The van der Waals surface area contributed by atoms with Gasteiger partial charge in [-0.25, -0.2) is 9.79 Å². The number of aliphatic imine (C=N–C) groups is 1. The minimum atomic E-state index is -1.05. The normalized spacial score (nSPS) is 17.2. The van der Waals surface area contributed by atoms with E-state index in [1.807, 2.05) is 61.3 Å². The van der Waals surface area contributed by atoms with Gasteiger partial charge < -0.3 is 20.1 Å². The summed E-state index contributed by atoms with van der Waals surface area (Å²) in [5, 5.41) is 23.0. The van der Waals surface area contributed by atoms with Gasteiger partial charge in [0, 0.05) is 24.6 Å². The van der Waals surface area contributed by atoms with Gasteiger partial charge in [-0.2, -0.15) is 5.26 Å². The number of benzene rings is 3. The minimum Gasteiger partial charge on any atom is -0.482 e. The second-order valence-electron chi connectivity index (χ2n) is 8.85. The van der Waals surface area contributed by atoms with E-state index in [2.05, 4.69) is 11.4 Å². The van der Waals surface area contributed by atoms with E-state index in [1.165, 1.54) is 23.5 Å². The average Bonchev–Trinajstić information content (AvgIpc) is 3.44. The van der Waals surface area contributed by atoms with Crippen LogP contribution < -0.4 is 15.0 Å². The van der Waals surface area contributed by atoms with Crippen LogP contribution in [0.3, 0.4) is 0 Å². The predicted octanol–water partition coefficient (Wildman–Crippen LogP) is 5.63. The maximum absolute atomic E-state index is 13.9. The number of rotatable bonds is 8. The Kier molecular flexibility index (Phi) is 8.00. The lowest BCUT2D eigenvalue weighted by atomic mass is 10.2. The molecule has 0 unspecified atom stereocenters. The van der Waals surface area contributed by atoms with Crippen LogP contribution in [0, 0.1) is 11.3 Å². The highest BCUT2D eigenvalue weighted by atomic mass is 32.2. The summed E-state index contributed by atoms with van der Waals surface area (Å²) in [4.78, 5) is 34.8. The minimum absolute atomic E-state index is 0.168. The van der Waals surface area contributed by atoms with Crippen molar-refractivity contribution in [3.63, 3.8) is 0 Å². The number of nitriles is 1. The van der Waals surface area contributed by atoms with E-state index in [9.17, 15) is 14.9 Å². The summed E-state index contributed by atoms with van der Waals surface area (Å²) < 4.78 is 5.36. The van der Waals surface area contributed by atoms with Gasteiger partial charge in [-0.3, -0.25) is 9.69 Å². The molecule has 40 heavy (non-hydrogen) atoms. The van der Waals surface area contributed by atoms with E-state index in [1.54, 1.807) is 29.2 Å². The first-order valence-corrected chi connectivity index (χ1v) is 14.1. The van der Waals surface area contributed by atoms with Crippen molar-refractivity contribution < 1.29 is 19.4 Å². The zero-order chi connectivity index (χ0) is 28.2. The summed E-state index contributed by atoms with van der Waals surface area (Å²) in [5.74, 6) is -0.785. The first-order valence-electron chi connectivity index (χ1n) is 12.4. The number of thioether (sulfide) groups is 2. The van der Waals surface area contributed by atoms with E-state index in [0.717, 1.165) is 26.9 Å². The van der Waals surface area contributed by atoms with Crippen molar-refractivity contribution in [1.29, 1.82) is 5.26 Å². The highest BCUT2D eigenvalue weighted by Gasteiger charge is 2.39. The molecule has 202 valence electrons. The molecule has 2 heterocycles. The number of aliphatic carboxylic acids is 1. The first kappa shape index (κ1) is 27.2. The van der Waals surface area contributed by atoms with Gasteiger partial charge >= 0.3 is 5.97 Å². The van der Waals surface area contributed by atoms with Crippen LogP contribution >= 0.6 is 23.5 Å². The number of anilines is 2. The van der Waals surface area contributed by atoms with E-state index in [-0.39, 0.29) is 5.91 Å². The van der Waals surface area contributed by atoms with Crippen molar-refractivity contribution >= 4 is 57.6 Å². The number of amides is 1. The topological polar surface area (TPSA) is 118 Å². The lowest BCUT2D eigenvalue weighted by Gasteiger charge is -2.17. The summed E-state index contributed by atoms with van der Waals surface area (Å²) in [6.07, 6.45) is 0. The third-order valence-corrected chi connectivity index (χ3v) is 8.55. The van der Waals surface area contributed by atoms with Gasteiger partial charge in [-0.1, -0.05) is 42.1 Å². The van der Waals surface area contributed by atoms with Gasteiger partial charge in [0.2, 0.25) is 0 Å². The summed E-state index contributed by atoms with van der Waals surface area (Å²) in [6.45, 7) is 2.56. The van der Waals surface area contributed by atoms with Crippen LogP contribution in [-0.4, -0.2) is 47.2 Å². The van der Waals surface area contributed by atoms with Crippen molar-refractivity contribution in [2.45, 2.75) is 18.4 Å². The molecule has 2 N–H and O–H groups in total. The van der Waals surface area contributed by atoms with E-state index >= 15 is 0 Å². The monoisotopic (exact) mass is 571 g/mol. The predicted molar refractivity (Wildman–Crippen MR) is 158 cm³/mol. The van der Waals surface area contributed by atoms with E-state index < -0.39 is 12.6 Å². The van der Waals surface area contributed by atoms with Crippen LogP contribution in [0.1, 0.15) is 18.1 Å². The maximum atomic E-state index is 13.9. The van der Waals surface area contributed by atoms with Crippen LogP contribution in [0.5, 0.6) is 5.75 Å². The molecule has 3 aromatic carbocycles. The molecule has 0 saturated carbocycles. The van der Waals surface area contributed by atoms with Gasteiger partial charge in [-0.05, 0) is 54.6 Å². The van der Waals surface area contributed by atoms with Crippen molar-refractivity contribution in [3.05, 3.63) is 87.8 Å². The third-order valence-electron chi connectivity index (χ3n) is 6.12. The number of fused-ring (bicyclic) bond motifs is 1. The zero-order valence-electron chi connectivity index (χ0n) is 21.7. The number of carboxylic acids is 1. The number of amidine groups is 1. The SMILES string of the molecule is CCNc1ccc(C#N)cc1N=C1SC(=C2Sc3ccc(OCC(=O)O)cc3N2C)C(=O)N1Cc1ccccc1. The Morgan fingerprint density at radius 3 is 2.65 bits per heavy atom. The van der Waals surface area contributed by atoms with Gasteiger partial charge in [0.1, 0.15) is 10.7 Å². The van der Waals surface area contributed by atoms with Gasteiger partial charge in [0.15, 0.2) is 11.8 Å². The summed E-state index contributed by atoms with van der Waals surface area (Å²) in [5.41, 5.74) is 3.61. The number of carboxylic acid groups (broad SMARTS) is 1. The molecule has 9 nitrogen and oxygen atoms in total. The molecular weight excluding hydrogens is 546 g/mol. The zero-order valence-corrected chi connectivity index (χ0v) is 23.4. The Morgan fingerprint density at radius 2 is 1.93 bits per heavy atom. The number of nitrogens with one attached hydrogen (secondary N) is 1. The second kappa shape index (κ2) is 11.8. The van der Waals surface area contributed by atoms with Crippen molar-refractivity contribution in [2.24, 2.45) is 4.99 Å². The average molecular weight is 572 g/mol. The molecule has 2 aliphatic rings. The summed E-state index contributed by atoms with van der Waals surface area (Å²) in [6, 6.07) is 22.5. The first-order chi connectivity index (χ1) is 19.4. The van der Waals surface area contributed by atoms with Crippen molar-refractivity contribution in [2.75, 3.05) is 30.4 Å².